The van der Waals surface area contributed by atoms with E-state index in [1.165, 1.54) is 24.3 Å². The zero-order chi connectivity index (χ0) is 19.4. The van der Waals surface area contributed by atoms with Crippen molar-refractivity contribution in [3.63, 3.8) is 0 Å². The second-order valence-electron chi connectivity index (χ2n) is 5.85. The van der Waals surface area contributed by atoms with E-state index in [1.807, 2.05) is 6.92 Å². The van der Waals surface area contributed by atoms with Gasteiger partial charge in [-0.3, -0.25) is 4.79 Å². The van der Waals surface area contributed by atoms with Gasteiger partial charge in [-0.05, 0) is 36.8 Å². The molecule has 0 atom stereocenters. The van der Waals surface area contributed by atoms with E-state index in [2.05, 4.69) is 5.32 Å². The first kappa shape index (κ1) is 20.0. The number of hydrogen-bond donors (Lipinski definition) is 1. The summed E-state index contributed by atoms with van der Waals surface area (Å²) in [4.78, 5) is 12.0. The van der Waals surface area contributed by atoms with Crippen LogP contribution in [0.25, 0.3) is 0 Å². The summed E-state index contributed by atoms with van der Waals surface area (Å²) < 4.78 is 61.8. The van der Waals surface area contributed by atoms with Crippen molar-refractivity contribution in [1.29, 1.82) is 0 Å². The van der Waals surface area contributed by atoms with Crippen molar-refractivity contribution in [2.24, 2.45) is 0 Å². The van der Waals surface area contributed by atoms with Gasteiger partial charge in [0.2, 0.25) is 5.91 Å². The van der Waals surface area contributed by atoms with Gasteiger partial charge in [0.15, 0.2) is 9.84 Å². The zero-order valence-electron chi connectivity index (χ0n) is 14.0. The highest BCUT2D eigenvalue weighted by molar-refractivity contribution is 7.91. The molecule has 0 saturated carbocycles. The molecule has 0 saturated heterocycles. The number of carbonyl (C=O) groups excluding carboxylic acids is 1. The van der Waals surface area contributed by atoms with Gasteiger partial charge in [0.05, 0.1) is 16.2 Å². The lowest BCUT2D eigenvalue weighted by atomic mass is 10.1. The van der Waals surface area contributed by atoms with E-state index in [0.717, 1.165) is 17.7 Å². The van der Waals surface area contributed by atoms with Gasteiger partial charge in [0, 0.05) is 13.0 Å². The number of rotatable bonds is 6. The van der Waals surface area contributed by atoms with E-state index in [-0.39, 0.29) is 23.6 Å². The number of sulfone groups is 1. The SMILES string of the molecule is Cc1ccc(S(=O)(=O)CCC(=O)NCc2ccc(C(F)(F)F)cc2)cc1. The number of aryl methyl sites for hydroxylation is 1. The van der Waals surface area contributed by atoms with Crippen LogP contribution in [0.5, 0.6) is 0 Å². The van der Waals surface area contributed by atoms with Gasteiger partial charge in [-0.15, -0.1) is 0 Å². The summed E-state index contributed by atoms with van der Waals surface area (Å²) in [5.74, 6) is -0.824. The number of carbonyl (C=O) groups is 1. The van der Waals surface area contributed by atoms with E-state index in [9.17, 15) is 26.4 Å². The number of alkyl halides is 3. The van der Waals surface area contributed by atoms with Crippen LogP contribution in [-0.4, -0.2) is 20.1 Å². The van der Waals surface area contributed by atoms with Crippen LogP contribution in [0.3, 0.4) is 0 Å². The zero-order valence-corrected chi connectivity index (χ0v) is 14.8. The number of benzene rings is 2. The summed E-state index contributed by atoms with van der Waals surface area (Å²) in [6.45, 7) is 1.87. The largest absolute Gasteiger partial charge is 0.416 e. The van der Waals surface area contributed by atoms with Crippen LogP contribution >= 0.6 is 0 Å². The maximum atomic E-state index is 12.5. The van der Waals surface area contributed by atoms with Gasteiger partial charge in [-0.25, -0.2) is 8.42 Å². The van der Waals surface area contributed by atoms with Crippen LogP contribution in [0, 0.1) is 6.92 Å². The van der Waals surface area contributed by atoms with Crippen molar-refractivity contribution in [2.45, 2.75) is 31.0 Å². The van der Waals surface area contributed by atoms with E-state index < -0.39 is 27.5 Å². The fourth-order valence-electron chi connectivity index (χ4n) is 2.19. The molecule has 0 aliphatic rings. The van der Waals surface area contributed by atoms with E-state index >= 15 is 0 Å². The molecule has 2 aromatic rings. The van der Waals surface area contributed by atoms with E-state index in [0.29, 0.717) is 5.56 Å². The summed E-state index contributed by atoms with van der Waals surface area (Å²) in [6.07, 6.45) is -4.64. The molecule has 2 aromatic carbocycles. The molecule has 0 aromatic heterocycles. The normalized spacial score (nSPS) is 12.0. The lowest BCUT2D eigenvalue weighted by Crippen LogP contribution is -2.25. The van der Waals surface area contributed by atoms with Crippen molar-refractivity contribution >= 4 is 15.7 Å². The van der Waals surface area contributed by atoms with Crippen LogP contribution in [0.2, 0.25) is 0 Å². The molecule has 0 aliphatic carbocycles. The molecule has 0 radical (unpaired) electrons. The minimum Gasteiger partial charge on any atom is -0.352 e. The Morgan fingerprint density at radius 3 is 2.12 bits per heavy atom. The Balaban J connectivity index is 1.86. The molecule has 8 heteroatoms. The summed E-state index contributed by atoms with van der Waals surface area (Å²) in [6, 6.07) is 10.7. The Kier molecular flexibility index (Phi) is 6.07. The van der Waals surface area contributed by atoms with Gasteiger partial charge in [-0.2, -0.15) is 13.2 Å². The minimum atomic E-state index is -4.41. The topological polar surface area (TPSA) is 63.2 Å². The van der Waals surface area contributed by atoms with E-state index in [1.54, 1.807) is 12.1 Å². The maximum Gasteiger partial charge on any atom is 0.416 e. The Morgan fingerprint density at radius 1 is 1.00 bits per heavy atom. The molecule has 26 heavy (non-hydrogen) atoms. The third kappa shape index (κ3) is 5.59. The highest BCUT2D eigenvalue weighted by Gasteiger charge is 2.29. The molecule has 4 nitrogen and oxygen atoms in total. The summed E-state index contributed by atoms with van der Waals surface area (Å²) in [5.41, 5.74) is 0.655. The third-order valence-electron chi connectivity index (χ3n) is 3.75. The fourth-order valence-corrected chi connectivity index (χ4v) is 3.43. The van der Waals surface area contributed by atoms with Gasteiger partial charge in [0.25, 0.3) is 0 Å². The molecule has 0 unspecified atom stereocenters. The molecule has 0 aliphatic heterocycles. The van der Waals surface area contributed by atoms with Gasteiger partial charge < -0.3 is 5.32 Å². The number of nitrogens with one attached hydrogen (secondary N) is 1. The molecule has 2 rings (SSSR count). The number of hydrogen-bond acceptors (Lipinski definition) is 3. The lowest BCUT2D eigenvalue weighted by Gasteiger charge is -2.09. The minimum absolute atomic E-state index is 0.0293. The van der Waals surface area contributed by atoms with Gasteiger partial charge >= 0.3 is 6.18 Å². The third-order valence-corrected chi connectivity index (χ3v) is 5.48. The predicted octanol–water partition coefficient (Wildman–Crippen LogP) is 3.49. The van der Waals surface area contributed by atoms with Crippen LogP contribution in [0.1, 0.15) is 23.1 Å². The average molecular weight is 385 g/mol. The predicted molar refractivity (Wildman–Crippen MR) is 91.1 cm³/mol. The van der Waals surface area contributed by atoms with Crippen molar-refractivity contribution in [1.82, 2.24) is 5.32 Å². The summed E-state index contributed by atoms with van der Waals surface area (Å²) in [7, 11) is -3.56. The van der Waals surface area contributed by atoms with Crippen molar-refractivity contribution in [2.75, 3.05) is 5.75 Å². The molecule has 0 bridgehead atoms. The standard InChI is InChI=1S/C18H18F3NO3S/c1-13-2-8-16(9-3-13)26(24,25)11-10-17(23)22-12-14-4-6-15(7-5-14)18(19,20)21/h2-9H,10-12H2,1H3,(H,22,23). The molecule has 1 amide bonds. The summed E-state index contributed by atoms with van der Waals surface area (Å²) >= 11 is 0. The van der Waals surface area contributed by atoms with Crippen molar-refractivity contribution < 1.29 is 26.4 Å². The van der Waals surface area contributed by atoms with Crippen molar-refractivity contribution in [3.8, 4) is 0 Å². The first-order chi connectivity index (χ1) is 12.1. The maximum absolute atomic E-state index is 12.5. The quantitative estimate of drug-likeness (QED) is 0.828. The smallest absolute Gasteiger partial charge is 0.352 e. The molecular formula is C18H18F3NO3S. The van der Waals surface area contributed by atoms with Gasteiger partial charge in [-0.1, -0.05) is 29.8 Å². The Bertz CT molecular complexity index is 858. The lowest BCUT2D eigenvalue weighted by molar-refractivity contribution is -0.137. The Morgan fingerprint density at radius 2 is 1.58 bits per heavy atom. The first-order valence-electron chi connectivity index (χ1n) is 7.80. The molecular weight excluding hydrogens is 367 g/mol. The van der Waals surface area contributed by atoms with Crippen LogP contribution in [0.15, 0.2) is 53.4 Å². The summed E-state index contributed by atoms with van der Waals surface area (Å²) in [5, 5.41) is 2.51. The highest BCUT2D eigenvalue weighted by Crippen LogP contribution is 2.29. The van der Waals surface area contributed by atoms with E-state index in [4.69, 9.17) is 0 Å². The average Bonchev–Trinajstić information content (AvgIpc) is 2.58. The van der Waals surface area contributed by atoms with Gasteiger partial charge in [0.1, 0.15) is 0 Å². The second-order valence-corrected chi connectivity index (χ2v) is 7.96. The monoisotopic (exact) mass is 385 g/mol. The Labute approximate surface area is 150 Å². The Hall–Kier alpha value is -2.35. The molecule has 0 fully saturated rings. The molecule has 1 N–H and O–H groups in total. The van der Waals surface area contributed by atoms with Crippen LogP contribution in [-0.2, 0) is 27.4 Å². The molecule has 0 heterocycles. The van der Waals surface area contributed by atoms with Crippen molar-refractivity contribution in [3.05, 3.63) is 65.2 Å². The molecule has 0 spiro atoms. The highest BCUT2D eigenvalue weighted by atomic mass is 32.2. The van der Waals surface area contributed by atoms with Crippen LogP contribution < -0.4 is 5.32 Å². The van der Waals surface area contributed by atoms with Crippen LogP contribution in [0.4, 0.5) is 13.2 Å². The first-order valence-corrected chi connectivity index (χ1v) is 9.45. The fraction of sp³-hybridized carbons (Fsp3) is 0.278. The number of amides is 1. The molecule has 140 valence electrons. The number of halogens is 3. The second kappa shape index (κ2) is 7.90.